The third-order valence-electron chi connectivity index (χ3n) is 2.63. The second kappa shape index (κ2) is 5.47. The van der Waals surface area contributed by atoms with Crippen molar-refractivity contribution in [2.75, 3.05) is 0 Å². The maximum absolute atomic E-state index is 12.9. The van der Waals surface area contributed by atoms with E-state index in [0.717, 1.165) is 0 Å². The van der Waals surface area contributed by atoms with Gasteiger partial charge >= 0.3 is 5.97 Å². The SMILES string of the molecule is NC(=O)CCn1nnc(C(=O)O)c1-c1ccc(F)cc1. The zero-order chi connectivity index (χ0) is 14.7. The summed E-state index contributed by atoms with van der Waals surface area (Å²) in [5.74, 6) is -2.24. The number of hydrogen-bond donors (Lipinski definition) is 2. The highest BCUT2D eigenvalue weighted by atomic mass is 19.1. The summed E-state index contributed by atoms with van der Waals surface area (Å²) in [4.78, 5) is 21.9. The Morgan fingerprint density at radius 1 is 1.30 bits per heavy atom. The van der Waals surface area contributed by atoms with E-state index in [9.17, 15) is 14.0 Å². The minimum Gasteiger partial charge on any atom is -0.476 e. The van der Waals surface area contributed by atoms with E-state index in [1.807, 2.05) is 0 Å². The number of aryl methyl sites for hydroxylation is 1. The fourth-order valence-electron chi connectivity index (χ4n) is 1.72. The number of nitrogens with zero attached hydrogens (tertiary/aromatic N) is 3. The molecule has 1 heterocycles. The molecular weight excluding hydrogens is 267 g/mol. The van der Waals surface area contributed by atoms with Gasteiger partial charge < -0.3 is 10.8 Å². The largest absolute Gasteiger partial charge is 0.476 e. The van der Waals surface area contributed by atoms with Gasteiger partial charge in [0.15, 0.2) is 5.69 Å². The number of halogens is 1. The van der Waals surface area contributed by atoms with Gasteiger partial charge in [0.2, 0.25) is 5.91 Å². The van der Waals surface area contributed by atoms with E-state index in [4.69, 9.17) is 10.8 Å². The average Bonchev–Trinajstić information content (AvgIpc) is 2.81. The summed E-state index contributed by atoms with van der Waals surface area (Å²) in [6.07, 6.45) is -0.00336. The highest BCUT2D eigenvalue weighted by Crippen LogP contribution is 2.23. The number of aromatic nitrogens is 3. The molecule has 0 atom stereocenters. The number of carbonyl (C=O) groups is 2. The van der Waals surface area contributed by atoms with E-state index in [-0.39, 0.29) is 24.4 Å². The van der Waals surface area contributed by atoms with Crippen LogP contribution in [0.4, 0.5) is 4.39 Å². The monoisotopic (exact) mass is 278 g/mol. The third-order valence-corrected chi connectivity index (χ3v) is 2.63. The quantitative estimate of drug-likeness (QED) is 0.834. The molecule has 20 heavy (non-hydrogen) atoms. The van der Waals surface area contributed by atoms with Crippen LogP contribution in [0.1, 0.15) is 16.9 Å². The first-order chi connectivity index (χ1) is 9.49. The van der Waals surface area contributed by atoms with Crippen molar-refractivity contribution in [2.24, 2.45) is 5.73 Å². The van der Waals surface area contributed by atoms with Gasteiger partial charge in [0.25, 0.3) is 0 Å². The molecule has 0 saturated carbocycles. The van der Waals surface area contributed by atoms with E-state index in [0.29, 0.717) is 5.56 Å². The fourth-order valence-corrected chi connectivity index (χ4v) is 1.72. The summed E-state index contributed by atoms with van der Waals surface area (Å²) < 4.78 is 14.2. The summed E-state index contributed by atoms with van der Waals surface area (Å²) in [5, 5.41) is 16.3. The van der Waals surface area contributed by atoms with E-state index in [1.165, 1.54) is 28.9 Å². The third kappa shape index (κ3) is 2.79. The average molecular weight is 278 g/mol. The summed E-state index contributed by atoms with van der Waals surface area (Å²) >= 11 is 0. The Labute approximate surface area is 112 Å². The van der Waals surface area contributed by atoms with Crippen LogP contribution in [0.5, 0.6) is 0 Å². The Kier molecular flexibility index (Phi) is 3.74. The number of carboxylic acid groups (broad SMARTS) is 1. The predicted molar refractivity (Wildman–Crippen MR) is 66.2 cm³/mol. The second-order valence-corrected chi connectivity index (χ2v) is 4.04. The lowest BCUT2D eigenvalue weighted by Crippen LogP contribution is -2.15. The van der Waals surface area contributed by atoms with Crippen LogP contribution in [-0.4, -0.2) is 32.0 Å². The van der Waals surface area contributed by atoms with Gasteiger partial charge in [-0.05, 0) is 24.3 Å². The Morgan fingerprint density at radius 3 is 2.50 bits per heavy atom. The normalized spacial score (nSPS) is 10.4. The van der Waals surface area contributed by atoms with Crippen molar-refractivity contribution in [1.82, 2.24) is 15.0 Å². The Hall–Kier alpha value is -2.77. The number of hydrogen-bond acceptors (Lipinski definition) is 4. The number of carbonyl (C=O) groups excluding carboxylic acids is 1. The maximum Gasteiger partial charge on any atom is 0.358 e. The van der Waals surface area contributed by atoms with Gasteiger partial charge in [0.05, 0.1) is 6.54 Å². The molecule has 0 radical (unpaired) electrons. The number of carboxylic acids is 1. The van der Waals surface area contributed by atoms with Crippen LogP contribution < -0.4 is 5.73 Å². The van der Waals surface area contributed by atoms with Crippen LogP contribution in [-0.2, 0) is 11.3 Å². The van der Waals surface area contributed by atoms with E-state index >= 15 is 0 Å². The highest BCUT2D eigenvalue weighted by molar-refractivity contribution is 5.92. The second-order valence-electron chi connectivity index (χ2n) is 4.04. The molecule has 0 fully saturated rings. The van der Waals surface area contributed by atoms with Crippen LogP contribution >= 0.6 is 0 Å². The topological polar surface area (TPSA) is 111 Å². The molecule has 1 amide bonds. The number of benzene rings is 1. The van der Waals surface area contributed by atoms with E-state index in [2.05, 4.69) is 10.3 Å². The first-order valence-corrected chi connectivity index (χ1v) is 5.70. The molecule has 0 bridgehead atoms. The first-order valence-electron chi connectivity index (χ1n) is 5.70. The van der Waals surface area contributed by atoms with Crippen molar-refractivity contribution in [3.8, 4) is 11.3 Å². The number of primary amides is 1. The number of nitrogens with two attached hydrogens (primary N) is 1. The molecule has 0 aliphatic heterocycles. The lowest BCUT2D eigenvalue weighted by Gasteiger charge is -2.06. The zero-order valence-corrected chi connectivity index (χ0v) is 10.3. The molecule has 7 nitrogen and oxygen atoms in total. The van der Waals surface area contributed by atoms with Crippen LogP contribution in [0.15, 0.2) is 24.3 Å². The van der Waals surface area contributed by atoms with Gasteiger partial charge in [-0.15, -0.1) is 5.10 Å². The molecule has 1 aromatic carbocycles. The predicted octanol–water partition coefficient (Wildman–Crippen LogP) is 0.658. The number of aromatic carboxylic acids is 1. The molecule has 104 valence electrons. The molecule has 2 aromatic rings. The van der Waals surface area contributed by atoms with Crippen LogP contribution in [0, 0.1) is 5.82 Å². The maximum atomic E-state index is 12.9. The van der Waals surface area contributed by atoms with Crippen LogP contribution in [0.3, 0.4) is 0 Å². The van der Waals surface area contributed by atoms with E-state index < -0.39 is 17.7 Å². The number of rotatable bonds is 5. The molecule has 0 spiro atoms. The van der Waals surface area contributed by atoms with Crippen molar-refractivity contribution < 1.29 is 19.1 Å². The van der Waals surface area contributed by atoms with Gasteiger partial charge in [0.1, 0.15) is 11.5 Å². The molecule has 3 N–H and O–H groups in total. The molecule has 2 rings (SSSR count). The Bertz CT molecular complexity index is 651. The van der Waals surface area contributed by atoms with Gasteiger partial charge in [-0.25, -0.2) is 13.9 Å². The minimum atomic E-state index is -1.25. The molecule has 0 unspecified atom stereocenters. The lowest BCUT2D eigenvalue weighted by atomic mass is 10.1. The Balaban J connectivity index is 2.46. The van der Waals surface area contributed by atoms with Crippen molar-refractivity contribution in [2.45, 2.75) is 13.0 Å². The summed E-state index contributed by atoms with van der Waals surface area (Å²) in [5.41, 5.74) is 5.44. The van der Waals surface area contributed by atoms with Crippen molar-refractivity contribution >= 4 is 11.9 Å². The summed E-state index contributed by atoms with van der Waals surface area (Å²) in [7, 11) is 0. The standard InChI is InChI=1S/C12H11FN4O3/c13-8-3-1-7(2-4-8)11-10(12(19)20)15-16-17(11)6-5-9(14)18/h1-4H,5-6H2,(H2,14,18)(H,19,20). The van der Waals surface area contributed by atoms with Gasteiger partial charge in [0, 0.05) is 12.0 Å². The molecule has 0 aliphatic carbocycles. The molecule has 1 aromatic heterocycles. The fraction of sp³-hybridized carbons (Fsp3) is 0.167. The highest BCUT2D eigenvalue weighted by Gasteiger charge is 2.20. The van der Waals surface area contributed by atoms with Crippen molar-refractivity contribution in [3.05, 3.63) is 35.8 Å². The van der Waals surface area contributed by atoms with Gasteiger partial charge in [-0.3, -0.25) is 4.79 Å². The molecular formula is C12H11FN4O3. The molecule has 8 heteroatoms. The molecule has 0 saturated heterocycles. The van der Waals surface area contributed by atoms with Crippen LogP contribution in [0.2, 0.25) is 0 Å². The van der Waals surface area contributed by atoms with Gasteiger partial charge in [-0.1, -0.05) is 5.21 Å². The lowest BCUT2D eigenvalue weighted by molar-refractivity contribution is -0.118. The van der Waals surface area contributed by atoms with E-state index in [1.54, 1.807) is 0 Å². The summed E-state index contributed by atoms with van der Waals surface area (Å²) in [6, 6.07) is 5.24. The summed E-state index contributed by atoms with van der Waals surface area (Å²) in [6.45, 7) is 0.0995. The van der Waals surface area contributed by atoms with Gasteiger partial charge in [-0.2, -0.15) is 0 Å². The smallest absolute Gasteiger partial charge is 0.358 e. The number of amides is 1. The van der Waals surface area contributed by atoms with Crippen LogP contribution in [0.25, 0.3) is 11.3 Å². The van der Waals surface area contributed by atoms with Crippen molar-refractivity contribution in [1.29, 1.82) is 0 Å². The Morgan fingerprint density at radius 2 is 1.95 bits per heavy atom. The zero-order valence-electron chi connectivity index (χ0n) is 10.3. The molecule has 0 aliphatic rings. The first kappa shape index (κ1) is 13.7. The van der Waals surface area contributed by atoms with Crippen molar-refractivity contribution in [3.63, 3.8) is 0 Å². The minimum absolute atomic E-state index is 0.00336.